The average Bonchev–Trinajstić information content (AvgIpc) is 2.92. The van der Waals surface area contributed by atoms with Gasteiger partial charge >= 0.3 is 0 Å². The highest BCUT2D eigenvalue weighted by atomic mass is 16.1. The molecule has 1 aromatic heterocycles. The lowest BCUT2D eigenvalue weighted by Crippen LogP contribution is -2.14. The lowest BCUT2D eigenvalue weighted by atomic mass is 10.1. The van der Waals surface area contributed by atoms with E-state index in [-0.39, 0.29) is 5.56 Å². The van der Waals surface area contributed by atoms with E-state index in [4.69, 9.17) is 0 Å². The molecule has 0 atom stereocenters. The zero-order valence-corrected chi connectivity index (χ0v) is 11.5. The van der Waals surface area contributed by atoms with Crippen molar-refractivity contribution in [2.24, 2.45) is 0 Å². The maximum atomic E-state index is 12.2. The van der Waals surface area contributed by atoms with Gasteiger partial charge in [-0.15, -0.1) is 0 Å². The Hall–Kier alpha value is -2.68. The first-order valence-corrected chi connectivity index (χ1v) is 7.08. The monoisotopic (exact) mass is 274 g/mol. The summed E-state index contributed by atoms with van der Waals surface area (Å²) in [6, 6.07) is 17.8. The summed E-state index contributed by atoms with van der Waals surface area (Å²) in [5, 5.41) is 0.696. The van der Waals surface area contributed by atoms with Gasteiger partial charge in [0.1, 0.15) is 5.82 Å². The molecule has 3 nitrogen and oxygen atoms in total. The lowest BCUT2D eigenvalue weighted by molar-refractivity contribution is 0.772. The quantitative estimate of drug-likeness (QED) is 0.682. The Bertz CT molecular complexity index is 907. The highest BCUT2D eigenvalue weighted by molar-refractivity contribution is 5.85. The molecule has 3 heteroatoms. The van der Waals surface area contributed by atoms with Gasteiger partial charge in [0.15, 0.2) is 0 Å². The Kier molecular flexibility index (Phi) is 2.71. The largest absolute Gasteiger partial charge is 0.325 e. The normalized spacial score (nSPS) is 15.5. The van der Waals surface area contributed by atoms with E-state index < -0.39 is 0 Å². The minimum atomic E-state index is -0.141. The number of fused-ring (bicyclic) bond motifs is 3. The Balaban J connectivity index is 1.94. The zero-order chi connectivity index (χ0) is 14.2. The van der Waals surface area contributed by atoms with Crippen LogP contribution in [0.3, 0.4) is 0 Å². The van der Waals surface area contributed by atoms with Crippen molar-refractivity contribution in [2.75, 3.05) is 0 Å². The molecule has 21 heavy (non-hydrogen) atoms. The van der Waals surface area contributed by atoms with E-state index in [2.05, 4.69) is 27.8 Å². The summed E-state index contributed by atoms with van der Waals surface area (Å²) in [6.07, 6.45) is 3.04. The van der Waals surface area contributed by atoms with Gasteiger partial charge in [-0.05, 0) is 35.8 Å². The summed E-state index contributed by atoms with van der Waals surface area (Å²) < 4.78 is 2.14. The van der Waals surface area contributed by atoms with Crippen LogP contribution in [0.4, 0.5) is 0 Å². The van der Waals surface area contributed by atoms with Gasteiger partial charge in [0, 0.05) is 6.54 Å². The highest BCUT2D eigenvalue weighted by Gasteiger charge is 2.20. The second-order valence-electron chi connectivity index (χ2n) is 5.24. The van der Waals surface area contributed by atoms with E-state index >= 15 is 0 Å². The van der Waals surface area contributed by atoms with Crippen LogP contribution in [-0.2, 0) is 6.54 Å². The van der Waals surface area contributed by atoms with Crippen LogP contribution in [0.5, 0.6) is 0 Å². The van der Waals surface area contributed by atoms with Gasteiger partial charge in [-0.1, -0.05) is 42.5 Å². The Morgan fingerprint density at radius 2 is 1.76 bits per heavy atom. The molecule has 0 N–H and O–H groups in total. The van der Waals surface area contributed by atoms with Gasteiger partial charge in [-0.2, -0.15) is 4.98 Å². The topological polar surface area (TPSA) is 34.9 Å². The molecule has 0 fully saturated rings. The number of rotatable bonds is 1. The Labute approximate surface area is 122 Å². The number of aryl methyl sites for hydroxylation is 1. The van der Waals surface area contributed by atoms with E-state index in [0.29, 0.717) is 5.39 Å². The summed E-state index contributed by atoms with van der Waals surface area (Å²) in [6.45, 7) is 0.877. The van der Waals surface area contributed by atoms with Gasteiger partial charge in [0.05, 0.1) is 10.9 Å². The maximum absolute atomic E-state index is 12.2. The van der Waals surface area contributed by atoms with Crippen molar-refractivity contribution in [1.82, 2.24) is 9.55 Å². The summed E-state index contributed by atoms with van der Waals surface area (Å²) in [4.78, 5) is 16.5. The standard InChI is InChI=1S/C18H14N2O/c21-18-15-8-4-5-9-16(15)20-11-10-14(17(20)19-18)12-13-6-2-1-3-7-13/h1-9,12H,10-11H2/b14-12-. The number of para-hydroxylation sites is 1. The third-order valence-corrected chi connectivity index (χ3v) is 3.92. The minimum Gasteiger partial charge on any atom is -0.325 e. The first-order chi connectivity index (χ1) is 10.3. The van der Waals surface area contributed by atoms with Gasteiger partial charge in [0.2, 0.25) is 0 Å². The van der Waals surface area contributed by atoms with Crippen molar-refractivity contribution in [3.63, 3.8) is 0 Å². The molecule has 0 saturated carbocycles. The molecule has 1 aliphatic rings. The summed E-state index contributed by atoms with van der Waals surface area (Å²) in [5.74, 6) is 0.808. The fourth-order valence-corrected chi connectivity index (χ4v) is 2.92. The van der Waals surface area contributed by atoms with Crippen molar-refractivity contribution in [2.45, 2.75) is 13.0 Å². The molecule has 0 radical (unpaired) electrons. The third kappa shape index (κ3) is 1.98. The Morgan fingerprint density at radius 3 is 2.62 bits per heavy atom. The van der Waals surface area contributed by atoms with Crippen LogP contribution in [0.25, 0.3) is 22.6 Å². The number of hydrogen-bond acceptors (Lipinski definition) is 2. The molecule has 1 aliphatic heterocycles. The molecular formula is C18H14N2O. The van der Waals surface area contributed by atoms with Gasteiger partial charge in [-0.3, -0.25) is 4.79 Å². The van der Waals surface area contributed by atoms with Crippen LogP contribution < -0.4 is 5.56 Å². The third-order valence-electron chi connectivity index (χ3n) is 3.92. The van der Waals surface area contributed by atoms with Crippen LogP contribution in [0.2, 0.25) is 0 Å². The summed E-state index contributed by atoms with van der Waals surface area (Å²) in [7, 11) is 0. The molecule has 4 rings (SSSR count). The molecule has 0 unspecified atom stereocenters. The van der Waals surface area contributed by atoms with Gasteiger partial charge < -0.3 is 4.57 Å². The van der Waals surface area contributed by atoms with Crippen molar-refractivity contribution < 1.29 is 0 Å². The number of hydrogen-bond donors (Lipinski definition) is 0. The smallest absolute Gasteiger partial charge is 0.281 e. The molecule has 3 aromatic rings. The first-order valence-electron chi connectivity index (χ1n) is 7.08. The highest BCUT2D eigenvalue weighted by Crippen LogP contribution is 2.29. The van der Waals surface area contributed by atoms with Crippen LogP contribution in [0.15, 0.2) is 59.4 Å². The van der Waals surface area contributed by atoms with Crippen molar-refractivity contribution >= 4 is 22.6 Å². The number of nitrogens with zero attached hydrogens (tertiary/aromatic N) is 2. The summed E-state index contributed by atoms with van der Waals surface area (Å²) >= 11 is 0. The molecule has 2 aromatic carbocycles. The molecule has 0 bridgehead atoms. The number of aromatic nitrogens is 2. The number of allylic oxidation sites excluding steroid dienone is 1. The van der Waals surface area contributed by atoms with E-state index in [1.165, 1.54) is 0 Å². The predicted octanol–water partition coefficient (Wildman–Crippen LogP) is 3.34. The van der Waals surface area contributed by atoms with Gasteiger partial charge in [0.25, 0.3) is 5.56 Å². The molecule has 102 valence electrons. The molecule has 2 heterocycles. The molecule has 0 amide bonds. The van der Waals surface area contributed by atoms with E-state index in [1.807, 2.05) is 42.5 Å². The number of benzene rings is 2. The minimum absolute atomic E-state index is 0.141. The maximum Gasteiger partial charge on any atom is 0.281 e. The van der Waals surface area contributed by atoms with E-state index in [0.717, 1.165) is 35.4 Å². The fourth-order valence-electron chi connectivity index (χ4n) is 2.92. The van der Waals surface area contributed by atoms with Crippen molar-refractivity contribution in [1.29, 1.82) is 0 Å². The van der Waals surface area contributed by atoms with Crippen molar-refractivity contribution in [3.8, 4) is 0 Å². The van der Waals surface area contributed by atoms with Gasteiger partial charge in [-0.25, -0.2) is 0 Å². The summed E-state index contributed by atoms with van der Waals surface area (Å²) in [5.41, 5.74) is 3.11. The average molecular weight is 274 g/mol. The van der Waals surface area contributed by atoms with Crippen LogP contribution in [-0.4, -0.2) is 9.55 Å². The fraction of sp³-hybridized carbons (Fsp3) is 0.111. The van der Waals surface area contributed by atoms with Crippen LogP contribution in [0.1, 0.15) is 17.8 Å². The van der Waals surface area contributed by atoms with Crippen molar-refractivity contribution in [3.05, 3.63) is 76.3 Å². The zero-order valence-electron chi connectivity index (χ0n) is 11.5. The molecule has 0 saturated heterocycles. The van der Waals surface area contributed by atoms with E-state index in [9.17, 15) is 4.79 Å². The molecule has 0 aliphatic carbocycles. The molecular weight excluding hydrogens is 260 g/mol. The first kappa shape index (κ1) is 12.1. The van der Waals surface area contributed by atoms with Crippen LogP contribution >= 0.6 is 0 Å². The van der Waals surface area contributed by atoms with Crippen LogP contribution in [0, 0.1) is 0 Å². The second-order valence-corrected chi connectivity index (χ2v) is 5.24. The van der Waals surface area contributed by atoms with E-state index in [1.54, 1.807) is 0 Å². The second kappa shape index (κ2) is 4.70. The Morgan fingerprint density at radius 1 is 1.00 bits per heavy atom. The molecule has 0 spiro atoms. The SMILES string of the molecule is O=c1nc2n(c3ccccc13)CC/C2=C/c1ccccc1. The predicted molar refractivity (Wildman–Crippen MR) is 84.9 cm³/mol. The lowest BCUT2D eigenvalue weighted by Gasteiger charge is -2.07.